The molecule has 34 heavy (non-hydrogen) atoms. The lowest BCUT2D eigenvalue weighted by Gasteiger charge is -2.18. The Morgan fingerprint density at radius 3 is 1.06 bits per heavy atom. The summed E-state index contributed by atoms with van der Waals surface area (Å²) in [6.45, 7) is 4.19. The smallest absolute Gasteiger partial charge is 0.0408 e. The third-order valence-electron chi connectivity index (χ3n) is 5.39. The third-order valence-corrected chi connectivity index (χ3v) is 5.39. The minimum atomic E-state index is 1.21. The second kappa shape index (κ2) is 13.4. The van der Waals surface area contributed by atoms with Crippen LogP contribution in [0.4, 0.5) is 11.4 Å². The molecule has 0 saturated heterocycles. The van der Waals surface area contributed by atoms with Crippen molar-refractivity contribution in [2.75, 3.05) is 11.9 Å². The topological polar surface area (TPSA) is 3.24 Å². The van der Waals surface area contributed by atoms with E-state index in [-0.39, 0.29) is 0 Å². The molecule has 0 unspecified atom stereocenters. The molecule has 0 amide bonds. The quantitative estimate of drug-likeness (QED) is 0.269. The predicted octanol–water partition coefficient (Wildman–Crippen LogP) is 9.11. The molecule has 0 aromatic heterocycles. The summed E-state index contributed by atoms with van der Waals surface area (Å²) in [6.07, 6.45) is 0. The van der Waals surface area contributed by atoms with Crippen molar-refractivity contribution in [1.82, 2.24) is 0 Å². The number of hydrogen-bond donors (Lipinski definition) is 0. The molecule has 0 saturated carbocycles. The van der Waals surface area contributed by atoms with Gasteiger partial charge in [-0.3, -0.25) is 0 Å². The van der Waals surface area contributed by atoms with Gasteiger partial charge in [0.1, 0.15) is 0 Å². The number of benzene rings is 5. The van der Waals surface area contributed by atoms with Crippen LogP contribution >= 0.6 is 0 Å². The van der Waals surface area contributed by atoms with Crippen molar-refractivity contribution in [2.24, 2.45) is 0 Å². The molecule has 170 valence electrons. The van der Waals surface area contributed by atoms with Gasteiger partial charge >= 0.3 is 0 Å². The number of hydrogen-bond acceptors (Lipinski definition) is 1. The van der Waals surface area contributed by atoms with Crippen LogP contribution in [-0.2, 0) is 0 Å². The second-order valence-corrected chi connectivity index (χ2v) is 8.12. The zero-order valence-corrected chi connectivity index (χ0v) is 20.3. The van der Waals surface area contributed by atoms with Crippen LogP contribution in [0.3, 0.4) is 0 Å². The molecule has 0 aliphatic rings. The fourth-order valence-corrected chi connectivity index (χ4v) is 3.36. The molecular formula is C33H33N. The molecule has 0 heterocycles. The Labute approximate surface area is 205 Å². The molecule has 0 fully saturated rings. The Morgan fingerprint density at radius 1 is 0.353 bits per heavy atom. The van der Waals surface area contributed by atoms with E-state index in [2.05, 4.69) is 135 Å². The zero-order valence-electron chi connectivity index (χ0n) is 20.3. The average Bonchev–Trinajstić information content (AvgIpc) is 2.91. The third kappa shape index (κ3) is 8.11. The van der Waals surface area contributed by atoms with E-state index in [9.17, 15) is 0 Å². The minimum absolute atomic E-state index is 1.21. The molecule has 0 bridgehead atoms. The highest BCUT2D eigenvalue weighted by atomic mass is 15.1. The highest BCUT2D eigenvalue weighted by Gasteiger charge is 2.00. The van der Waals surface area contributed by atoms with Crippen LogP contribution in [0.2, 0.25) is 0 Å². The summed E-state index contributed by atoms with van der Waals surface area (Å²) in [4.78, 5) is 2.17. The SMILES string of the molecule is CN(c1ccccc1)c1ccccc1.Cc1ccc(-c2ccccc2)cc1.Cc1ccccc1. The molecular weight excluding hydrogens is 410 g/mol. The van der Waals surface area contributed by atoms with Crippen molar-refractivity contribution in [2.45, 2.75) is 13.8 Å². The summed E-state index contributed by atoms with van der Waals surface area (Å²) in [7, 11) is 2.07. The largest absolute Gasteiger partial charge is 0.345 e. The Kier molecular flexibility index (Phi) is 9.71. The summed E-state index contributed by atoms with van der Waals surface area (Å²) in [5.41, 5.74) is 7.60. The predicted molar refractivity (Wildman–Crippen MR) is 149 cm³/mol. The van der Waals surface area contributed by atoms with Crippen LogP contribution in [0.5, 0.6) is 0 Å². The Bertz CT molecular complexity index is 1140. The molecule has 0 aliphatic carbocycles. The molecule has 1 heteroatoms. The van der Waals surface area contributed by atoms with Gasteiger partial charge in [-0.05, 0) is 49.2 Å². The maximum Gasteiger partial charge on any atom is 0.0408 e. The molecule has 5 rings (SSSR count). The molecule has 0 spiro atoms. The monoisotopic (exact) mass is 443 g/mol. The van der Waals surface area contributed by atoms with E-state index in [4.69, 9.17) is 0 Å². The molecule has 0 aliphatic heterocycles. The molecule has 0 atom stereocenters. The number of anilines is 2. The molecule has 5 aromatic rings. The molecule has 5 aromatic carbocycles. The maximum atomic E-state index is 2.17. The fourth-order valence-electron chi connectivity index (χ4n) is 3.36. The Morgan fingerprint density at radius 2 is 0.676 bits per heavy atom. The number of rotatable bonds is 3. The van der Waals surface area contributed by atoms with E-state index >= 15 is 0 Å². The highest BCUT2D eigenvalue weighted by Crippen LogP contribution is 2.22. The van der Waals surface area contributed by atoms with Crippen LogP contribution in [0.1, 0.15) is 11.1 Å². The van der Waals surface area contributed by atoms with Gasteiger partial charge in [0.2, 0.25) is 0 Å². The standard InChI is InChI=1S/C13H13N.C13H12.C7H8/c1-14(12-8-4-2-5-9-12)13-10-6-3-7-11-13;1-11-7-9-13(10-8-11)12-5-3-2-4-6-12;1-7-5-3-2-4-6-7/h2-11H,1H3;2-10H,1H3;2-6H,1H3. The van der Waals surface area contributed by atoms with Crippen molar-refractivity contribution in [1.29, 1.82) is 0 Å². The van der Waals surface area contributed by atoms with Crippen LogP contribution in [-0.4, -0.2) is 7.05 Å². The van der Waals surface area contributed by atoms with Gasteiger partial charge in [0.15, 0.2) is 0 Å². The van der Waals surface area contributed by atoms with Crippen molar-refractivity contribution < 1.29 is 0 Å². The van der Waals surface area contributed by atoms with Crippen molar-refractivity contribution in [3.8, 4) is 11.1 Å². The highest BCUT2D eigenvalue weighted by molar-refractivity contribution is 5.63. The van der Waals surface area contributed by atoms with Gasteiger partial charge in [-0.2, -0.15) is 0 Å². The van der Waals surface area contributed by atoms with Gasteiger partial charge in [-0.25, -0.2) is 0 Å². The van der Waals surface area contributed by atoms with E-state index in [1.807, 2.05) is 36.4 Å². The van der Waals surface area contributed by atoms with E-state index in [1.54, 1.807) is 0 Å². The molecule has 1 nitrogen and oxygen atoms in total. The first-order valence-corrected chi connectivity index (χ1v) is 11.6. The van der Waals surface area contributed by atoms with Crippen molar-refractivity contribution in [3.05, 3.63) is 157 Å². The summed E-state index contributed by atoms with van der Waals surface area (Å²) >= 11 is 0. The first-order valence-electron chi connectivity index (χ1n) is 11.6. The fraction of sp³-hybridized carbons (Fsp3) is 0.0909. The van der Waals surface area contributed by atoms with Crippen LogP contribution in [0, 0.1) is 13.8 Å². The van der Waals surface area contributed by atoms with Crippen LogP contribution in [0.25, 0.3) is 11.1 Å². The maximum absolute atomic E-state index is 2.17. The first-order chi connectivity index (χ1) is 16.6. The summed E-state index contributed by atoms with van der Waals surface area (Å²) in [6, 6.07) is 50.0. The average molecular weight is 444 g/mol. The van der Waals surface area contributed by atoms with Gasteiger partial charge in [-0.15, -0.1) is 0 Å². The lowest BCUT2D eigenvalue weighted by molar-refractivity contribution is 1.21. The lowest BCUT2D eigenvalue weighted by Crippen LogP contribution is -2.08. The minimum Gasteiger partial charge on any atom is -0.345 e. The summed E-state index contributed by atoms with van der Waals surface area (Å²) in [5, 5.41) is 0. The number of nitrogens with zero attached hydrogens (tertiary/aromatic N) is 1. The zero-order chi connectivity index (χ0) is 24.0. The van der Waals surface area contributed by atoms with Gasteiger partial charge in [-0.1, -0.05) is 132 Å². The number of aryl methyl sites for hydroxylation is 2. The van der Waals surface area contributed by atoms with Crippen molar-refractivity contribution >= 4 is 11.4 Å². The van der Waals surface area contributed by atoms with Gasteiger partial charge in [0.05, 0.1) is 0 Å². The van der Waals surface area contributed by atoms with Crippen molar-refractivity contribution in [3.63, 3.8) is 0 Å². The van der Waals surface area contributed by atoms with E-state index in [0.29, 0.717) is 0 Å². The Hall–Kier alpha value is -4.10. The summed E-state index contributed by atoms with van der Waals surface area (Å²) in [5.74, 6) is 0. The normalized spacial score (nSPS) is 9.62. The van der Waals surface area contributed by atoms with E-state index in [0.717, 1.165) is 0 Å². The van der Waals surface area contributed by atoms with Crippen LogP contribution < -0.4 is 4.90 Å². The molecule has 0 N–H and O–H groups in total. The molecule has 0 radical (unpaired) electrons. The van der Waals surface area contributed by atoms with Gasteiger partial charge < -0.3 is 4.90 Å². The number of para-hydroxylation sites is 2. The summed E-state index contributed by atoms with van der Waals surface area (Å²) < 4.78 is 0. The lowest BCUT2D eigenvalue weighted by atomic mass is 10.0. The van der Waals surface area contributed by atoms with E-state index in [1.165, 1.54) is 33.6 Å². The van der Waals surface area contributed by atoms with Gasteiger partial charge in [0.25, 0.3) is 0 Å². The Balaban J connectivity index is 0.000000151. The van der Waals surface area contributed by atoms with E-state index < -0.39 is 0 Å². The van der Waals surface area contributed by atoms with Crippen LogP contribution in [0.15, 0.2) is 146 Å². The van der Waals surface area contributed by atoms with Gasteiger partial charge in [0, 0.05) is 18.4 Å². The first kappa shape index (κ1) is 24.5. The second-order valence-electron chi connectivity index (χ2n) is 8.12.